The van der Waals surface area contributed by atoms with E-state index in [4.69, 9.17) is 0 Å². The molecule has 1 aromatic carbocycles. The van der Waals surface area contributed by atoms with Gasteiger partial charge in [0.05, 0.1) is 0 Å². The van der Waals surface area contributed by atoms with Crippen molar-refractivity contribution in [3.63, 3.8) is 0 Å². The van der Waals surface area contributed by atoms with E-state index >= 15 is 0 Å². The summed E-state index contributed by atoms with van der Waals surface area (Å²) >= 11 is 0. The molecule has 0 saturated carbocycles. The summed E-state index contributed by atoms with van der Waals surface area (Å²) in [5.41, 5.74) is 2.48. The first-order valence-electron chi connectivity index (χ1n) is 4.00. The number of hydrogen-bond donors (Lipinski definition) is 0. The van der Waals surface area contributed by atoms with Gasteiger partial charge in [0, 0.05) is 39.3 Å². The third kappa shape index (κ3) is 5.11. The van der Waals surface area contributed by atoms with Crippen molar-refractivity contribution in [2.75, 3.05) is 19.0 Å². The quantitative estimate of drug-likeness (QED) is 0.513. The molecule has 0 aliphatic heterocycles. The molecule has 0 N–H and O–H groups in total. The smallest absolute Gasteiger partial charge is 0.0361 e. The second kappa shape index (κ2) is 8.42. The number of rotatable bonds is 3. The second-order valence-corrected chi connectivity index (χ2v) is 2.99. The van der Waals surface area contributed by atoms with Gasteiger partial charge in [0.1, 0.15) is 0 Å². The molecule has 0 unspecified atom stereocenters. The molecular weight excluding hydrogens is 338 g/mol. The van der Waals surface area contributed by atoms with Crippen LogP contribution in [-0.4, -0.2) is 14.1 Å². The Hall–Kier alpha value is 0.113. The first-order chi connectivity index (χ1) is 5.74. The van der Waals surface area contributed by atoms with Gasteiger partial charge in [-0.05, 0) is 30.2 Å². The molecule has 1 radical (unpaired) electrons. The zero-order valence-electron chi connectivity index (χ0n) is 8.76. The summed E-state index contributed by atoms with van der Waals surface area (Å²) in [6.07, 6.45) is 3.70. The molecule has 1 aromatic rings. The SMILES string of the molecule is C=[C]Cc1ccc(N(C)C)cc1.[I-].[Zn]. The Morgan fingerprint density at radius 2 is 1.71 bits per heavy atom. The summed E-state index contributed by atoms with van der Waals surface area (Å²) in [6.45, 7) is 3.58. The Bertz CT molecular complexity index is 256. The van der Waals surface area contributed by atoms with Crippen molar-refractivity contribution in [2.24, 2.45) is 0 Å². The van der Waals surface area contributed by atoms with E-state index in [9.17, 15) is 0 Å². The van der Waals surface area contributed by atoms with Crippen molar-refractivity contribution in [1.29, 1.82) is 0 Å². The minimum absolute atomic E-state index is 0. The maximum atomic E-state index is 3.58. The molecule has 0 aromatic heterocycles. The van der Waals surface area contributed by atoms with Gasteiger partial charge in [-0.15, -0.1) is 0 Å². The molecule has 0 saturated heterocycles. The van der Waals surface area contributed by atoms with Crippen LogP contribution in [0.1, 0.15) is 5.56 Å². The van der Waals surface area contributed by atoms with E-state index in [0.29, 0.717) is 0 Å². The molecule has 0 aliphatic carbocycles. The van der Waals surface area contributed by atoms with Gasteiger partial charge in [-0.25, -0.2) is 0 Å². The minimum atomic E-state index is 0. The van der Waals surface area contributed by atoms with Crippen LogP contribution in [0.4, 0.5) is 5.69 Å². The molecule has 14 heavy (non-hydrogen) atoms. The molecule has 3 heteroatoms. The Labute approximate surface area is 116 Å². The topological polar surface area (TPSA) is 3.24 Å². The summed E-state index contributed by atoms with van der Waals surface area (Å²) in [5, 5.41) is 0. The Balaban J connectivity index is 0. The van der Waals surface area contributed by atoms with Crippen molar-refractivity contribution >= 4 is 5.69 Å². The average Bonchev–Trinajstić information content (AvgIpc) is 2.06. The fraction of sp³-hybridized carbons (Fsp3) is 0.273. The maximum absolute atomic E-state index is 3.58. The molecule has 0 amide bonds. The Kier molecular flexibility index (Phi) is 9.95. The van der Waals surface area contributed by atoms with Crippen LogP contribution in [0.15, 0.2) is 30.8 Å². The number of hydrogen-bond acceptors (Lipinski definition) is 1. The molecule has 0 aliphatic rings. The van der Waals surface area contributed by atoms with Crippen LogP contribution in [-0.2, 0) is 25.9 Å². The van der Waals surface area contributed by atoms with Gasteiger partial charge >= 0.3 is 0 Å². The minimum Gasteiger partial charge on any atom is -1.00 e. The largest absolute Gasteiger partial charge is 1.00 e. The maximum Gasteiger partial charge on any atom is 0.0361 e. The number of nitrogens with zero attached hydrogens (tertiary/aromatic N) is 1. The summed E-state index contributed by atoms with van der Waals surface area (Å²) in [7, 11) is 4.07. The summed E-state index contributed by atoms with van der Waals surface area (Å²) in [6, 6.07) is 8.42. The van der Waals surface area contributed by atoms with E-state index < -0.39 is 0 Å². The molecule has 0 spiro atoms. The van der Waals surface area contributed by atoms with Gasteiger partial charge in [-0.3, -0.25) is 0 Å². The van der Waals surface area contributed by atoms with Crippen LogP contribution in [0.3, 0.4) is 0 Å². The summed E-state index contributed by atoms with van der Waals surface area (Å²) < 4.78 is 0. The van der Waals surface area contributed by atoms with E-state index in [1.807, 2.05) is 14.1 Å². The van der Waals surface area contributed by atoms with Crippen LogP contribution >= 0.6 is 0 Å². The van der Waals surface area contributed by atoms with Crippen molar-refractivity contribution in [3.8, 4) is 0 Å². The molecule has 73 valence electrons. The van der Waals surface area contributed by atoms with Crippen LogP contribution < -0.4 is 28.9 Å². The van der Waals surface area contributed by atoms with E-state index in [0.717, 1.165) is 6.42 Å². The van der Waals surface area contributed by atoms with Crippen molar-refractivity contribution in [2.45, 2.75) is 6.42 Å². The predicted molar refractivity (Wildman–Crippen MR) is 53.3 cm³/mol. The van der Waals surface area contributed by atoms with Gasteiger partial charge in [0.2, 0.25) is 0 Å². The predicted octanol–water partition coefficient (Wildman–Crippen LogP) is -0.714. The fourth-order valence-corrected chi connectivity index (χ4v) is 1.06. The van der Waals surface area contributed by atoms with E-state index in [1.54, 1.807) is 0 Å². The number of anilines is 1. The zero-order chi connectivity index (χ0) is 8.97. The fourth-order valence-electron chi connectivity index (χ4n) is 1.06. The monoisotopic (exact) mass is 351 g/mol. The standard InChI is InChI=1S/C11H14N.HI.Zn/c1-4-5-10-6-8-11(9-7-10)12(2)3;;/h6-9H,1,5H2,2-3H3;1H;/p-1. The first-order valence-corrected chi connectivity index (χ1v) is 4.00. The molecule has 0 heterocycles. The average molecular weight is 353 g/mol. The van der Waals surface area contributed by atoms with Gasteiger partial charge in [0.15, 0.2) is 0 Å². The number of allylic oxidation sites excluding steroid dienone is 1. The van der Waals surface area contributed by atoms with E-state index in [1.165, 1.54) is 11.3 Å². The van der Waals surface area contributed by atoms with Crippen LogP contribution in [0, 0.1) is 6.08 Å². The normalized spacial score (nSPS) is 8.14. The molecule has 1 rings (SSSR count). The molecular formula is C11H14INZn-. The van der Waals surface area contributed by atoms with Gasteiger partial charge < -0.3 is 28.9 Å². The van der Waals surface area contributed by atoms with E-state index in [-0.39, 0.29) is 43.5 Å². The van der Waals surface area contributed by atoms with Crippen molar-refractivity contribution in [3.05, 3.63) is 42.5 Å². The molecule has 0 atom stereocenters. The first kappa shape index (κ1) is 16.5. The van der Waals surface area contributed by atoms with Crippen LogP contribution in [0.5, 0.6) is 0 Å². The van der Waals surface area contributed by atoms with Gasteiger partial charge in [-0.2, -0.15) is 0 Å². The second-order valence-electron chi connectivity index (χ2n) is 2.99. The van der Waals surface area contributed by atoms with Gasteiger partial charge in [-0.1, -0.05) is 18.7 Å². The Morgan fingerprint density at radius 3 is 2.07 bits per heavy atom. The number of halogens is 1. The summed E-state index contributed by atoms with van der Waals surface area (Å²) in [4.78, 5) is 2.08. The Morgan fingerprint density at radius 1 is 1.21 bits per heavy atom. The third-order valence-corrected chi connectivity index (χ3v) is 1.78. The van der Waals surface area contributed by atoms with Crippen molar-refractivity contribution < 1.29 is 43.5 Å². The zero-order valence-corrected chi connectivity index (χ0v) is 13.9. The number of benzene rings is 1. The van der Waals surface area contributed by atoms with Crippen LogP contribution in [0.2, 0.25) is 0 Å². The molecule has 1 nitrogen and oxygen atoms in total. The molecule has 0 bridgehead atoms. The van der Waals surface area contributed by atoms with Gasteiger partial charge in [0.25, 0.3) is 0 Å². The summed E-state index contributed by atoms with van der Waals surface area (Å²) in [5.74, 6) is 0. The van der Waals surface area contributed by atoms with Crippen molar-refractivity contribution in [1.82, 2.24) is 0 Å². The van der Waals surface area contributed by atoms with Crippen LogP contribution in [0.25, 0.3) is 0 Å². The molecule has 0 fully saturated rings. The van der Waals surface area contributed by atoms with E-state index in [2.05, 4.69) is 41.8 Å². The third-order valence-electron chi connectivity index (χ3n) is 1.78.